The molecule has 0 saturated heterocycles. The number of methoxy groups -OCH3 is 1. The van der Waals surface area contributed by atoms with Crippen LogP contribution in [-0.4, -0.2) is 18.2 Å². The van der Waals surface area contributed by atoms with Crippen LogP contribution in [-0.2, 0) is 17.7 Å². The maximum absolute atomic E-state index is 12.1. The summed E-state index contributed by atoms with van der Waals surface area (Å²) in [7, 11) is 1.37. The van der Waals surface area contributed by atoms with Crippen LogP contribution in [0.4, 0.5) is 5.00 Å². The molecule has 2 heterocycles. The summed E-state index contributed by atoms with van der Waals surface area (Å²) in [6.45, 7) is 0.467. The van der Waals surface area contributed by atoms with E-state index in [0.29, 0.717) is 22.2 Å². The summed E-state index contributed by atoms with van der Waals surface area (Å²) >= 11 is 6.81. The molecule has 0 saturated carbocycles. The number of thiophene rings is 1. The van der Waals surface area contributed by atoms with Crippen LogP contribution < -0.4 is 10.6 Å². The lowest BCUT2D eigenvalue weighted by Gasteiger charge is -2.09. The van der Waals surface area contributed by atoms with Crippen LogP contribution in [0.3, 0.4) is 0 Å². The van der Waals surface area contributed by atoms with E-state index in [1.807, 2.05) is 36.4 Å². The highest BCUT2D eigenvalue weighted by Gasteiger charge is 2.18. The largest absolute Gasteiger partial charge is 0.467 e. The molecule has 0 aliphatic rings. The number of ether oxygens (including phenoxy) is 1. The van der Waals surface area contributed by atoms with E-state index in [1.54, 1.807) is 6.26 Å². The summed E-state index contributed by atoms with van der Waals surface area (Å²) in [5.74, 6) is 0.384. The van der Waals surface area contributed by atoms with Crippen molar-refractivity contribution in [2.75, 3.05) is 12.4 Å². The van der Waals surface area contributed by atoms with Crippen molar-refractivity contribution in [2.45, 2.75) is 13.0 Å². The van der Waals surface area contributed by atoms with Crippen molar-refractivity contribution in [3.05, 3.63) is 76.6 Å². The van der Waals surface area contributed by atoms with Gasteiger partial charge in [-0.05, 0) is 36.0 Å². The minimum absolute atomic E-state index is 0.392. The second-order valence-corrected chi connectivity index (χ2v) is 7.04. The van der Waals surface area contributed by atoms with Gasteiger partial charge in [-0.3, -0.25) is 0 Å². The highest BCUT2D eigenvalue weighted by atomic mass is 32.1. The first-order valence-corrected chi connectivity index (χ1v) is 9.20. The molecular formula is C19H18N2O3S2. The number of rotatable bonds is 6. The molecular weight excluding hydrogens is 368 g/mol. The van der Waals surface area contributed by atoms with Gasteiger partial charge in [0.15, 0.2) is 5.11 Å². The molecule has 0 fully saturated rings. The summed E-state index contributed by atoms with van der Waals surface area (Å²) in [5.41, 5.74) is 1.65. The van der Waals surface area contributed by atoms with Crippen molar-refractivity contribution >= 4 is 39.6 Å². The van der Waals surface area contributed by atoms with Gasteiger partial charge in [-0.25, -0.2) is 4.79 Å². The third-order valence-electron chi connectivity index (χ3n) is 3.64. The number of carbonyl (C=O) groups excluding carboxylic acids is 1. The lowest BCUT2D eigenvalue weighted by Crippen LogP contribution is -2.28. The number of benzene rings is 1. The topological polar surface area (TPSA) is 63.5 Å². The van der Waals surface area contributed by atoms with E-state index in [9.17, 15) is 4.79 Å². The maximum atomic E-state index is 12.1. The lowest BCUT2D eigenvalue weighted by atomic mass is 10.1. The maximum Gasteiger partial charge on any atom is 0.340 e. The highest BCUT2D eigenvalue weighted by Crippen LogP contribution is 2.30. The molecule has 0 unspecified atom stereocenters. The van der Waals surface area contributed by atoms with E-state index in [4.69, 9.17) is 21.4 Å². The Morgan fingerprint density at radius 2 is 2.04 bits per heavy atom. The van der Waals surface area contributed by atoms with Gasteiger partial charge in [0.25, 0.3) is 0 Å². The van der Waals surface area contributed by atoms with Gasteiger partial charge in [-0.1, -0.05) is 30.3 Å². The minimum atomic E-state index is -0.392. The molecule has 2 N–H and O–H groups in total. The van der Waals surface area contributed by atoms with Gasteiger partial charge >= 0.3 is 5.97 Å². The van der Waals surface area contributed by atoms with Crippen LogP contribution >= 0.6 is 23.6 Å². The van der Waals surface area contributed by atoms with Crippen molar-refractivity contribution in [2.24, 2.45) is 0 Å². The second-order valence-electron chi connectivity index (χ2n) is 5.50. The average molecular weight is 386 g/mol. The number of hydrogen-bond donors (Lipinski definition) is 2. The van der Waals surface area contributed by atoms with Crippen molar-refractivity contribution in [3.63, 3.8) is 0 Å². The van der Waals surface area contributed by atoms with Crippen LogP contribution in [0, 0.1) is 0 Å². The average Bonchev–Trinajstić information content (AvgIpc) is 3.30. The van der Waals surface area contributed by atoms with Crippen LogP contribution in [0.2, 0.25) is 0 Å². The molecule has 0 bridgehead atoms. The Bertz CT molecular complexity index is 874. The smallest absolute Gasteiger partial charge is 0.340 e. The Morgan fingerprint density at radius 3 is 2.73 bits per heavy atom. The molecule has 0 radical (unpaired) electrons. The summed E-state index contributed by atoms with van der Waals surface area (Å²) in [4.78, 5) is 13.1. The molecule has 7 heteroatoms. The predicted octanol–water partition coefficient (Wildman–Crippen LogP) is 4.21. The molecule has 0 atom stereocenters. The Balaban J connectivity index is 1.71. The predicted molar refractivity (Wildman–Crippen MR) is 107 cm³/mol. The minimum Gasteiger partial charge on any atom is -0.467 e. The number of furan rings is 1. The van der Waals surface area contributed by atoms with E-state index < -0.39 is 5.97 Å². The van der Waals surface area contributed by atoms with E-state index in [2.05, 4.69) is 22.8 Å². The van der Waals surface area contributed by atoms with E-state index in [1.165, 1.54) is 24.0 Å². The van der Waals surface area contributed by atoms with Gasteiger partial charge in [0, 0.05) is 11.3 Å². The molecule has 0 aliphatic heterocycles. The Kier molecular flexibility index (Phi) is 6.04. The first-order valence-electron chi connectivity index (χ1n) is 7.98. The summed E-state index contributed by atoms with van der Waals surface area (Å²) < 4.78 is 10.2. The SMILES string of the molecule is COC(=O)c1cc(Cc2ccccc2)sc1NC(=S)NCc1ccco1. The van der Waals surface area contributed by atoms with Gasteiger partial charge in [0.05, 0.1) is 25.5 Å². The summed E-state index contributed by atoms with van der Waals surface area (Å²) in [6, 6.07) is 15.6. The standard InChI is InChI=1S/C19H18N2O3S2/c1-23-18(22)16-11-15(10-13-6-3-2-4-7-13)26-17(16)21-19(25)20-12-14-8-5-9-24-14/h2-9,11H,10,12H2,1H3,(H2,20,21,25). The molecule has 0 amide bonds. The van der Waals surface area contributed by atoms with Crippen molar-refractivity contribution in [1.29, 1.82) is 0 Å². The molecule has 134 valence electrons. The van der Waals surface area contributed by atoms with Crippen molar-refractivity contribution in [3.8, 4) is 0 Å². The Morgan fingerprint density at radius 1 is 1.23 bits per heavy atom. The van der Waals surface area contributed by atoms with Gasteiger partial charge in [-0.2, -0.15) is 0 Å². The van der Waals surface area contributed by atoms with Crippen molar-refractivity contribution in [1.82, 2.24) is 5.32 Å². The van der Waals surface area contributed by atoms with E-state index in [-0.39, 0.29) is 0 Å². The van der Waals surface area contributed by atoms with Gasteiger partial charge in [0.2, 0.25) is 0 Å². The number of nitrogens with one attached hydrogen (secondary N) is 2. The third-order valence-corrected chi connectivity index (χ3v) is 4.94. The molecule has 0 aliphatic carbocycles. The molecule has 5 nitrogen and oxygen atoms in total. The fourth-order valence-corrected chi connectivity index (χ4v) is 3.73. The van der Waals surface area contributed by atoms with E-state index in [0.717, 1.165) is 17.1 Å². The Labute approximate surface area is 161 Å². The van der Waals surface area contributed by atoms with Crippen LogP contribution in [0.1, 0.15) is 26.6 Å². The van der Waals surface area contributed by atoms with E-state index >= 15 is 0 Å². The monoisotopic (exact) mass is 386 g/mol. The molecule has 0 spiro atoms. The number of carbonyl (C=O) groups is 1. The van der Waals surface area contributed by atoms with Gasteiger partial charge in [-0.15, -0.1) is 11.3 Å². The zero-order valence-corrected chi connectivity index (χ0v) is 15.8. The summed E-state index contributed by atoms with van der Waals surface area (Å²) in [6.07, 6.45) is 2.35. The van der Waals surface area contributed by atoms with Gasteiger partial charge < -0.3 is 19.8 Å². The number of thiocarbonyl (C=S) groups is 1. The van der Waals surface area contributed by atoms with Crippen molar-refractivity contribution < 1.29 is 13.9 Å². The zero-order valence-electron chi connectivity index (χ0n) is 14.2. The summed E-state index contributed by atoms with van der Waals surface area (Å²) in [5, 5.41) is 7.23. The molecule has 26 heavy (non-hydrogen) atoms. The Hall–Kier alpha value is -2.64. The molecule has 2 aromatic heterocycles. The zero-order chi connectivity index (χ0) is 18.4. The quantitative estimate of drug-likeness (QED) is 0.489. The first-order chi connectivity index (χ1) is 12.7. The van der Waals surface area contributed by atoms with Crippen LogP contribution in [0.5, 0.6) is 0 Å². The second kappa shape index (κ2) is 8.64. The molecule has 1 aromatic carbocycles. The first kappa shape index (κ1) is 18.2. The number of anilines is 1. The lowest BCUT2D eigenvalue weighted by molar-refractivity contribution is 0.0602. The normalized spacial score (nSPS) is 10.3. The fourth-order valence-electron chi connectivity index (χ4n) is 2.41. The molecule has 3 aromatic rings. The van der Waals surface area contributed by atoms with Gasteiger partial charge in [0.1, 0.15) is 10.8 Å². The highest BCUT2D eigenvalue weighted by molar-refractivity contribution is 7.80. The van der Waals surface area contributed by atoms with Crippen LogP contribution in [0.25, 0.3) is 0 Å². The molecule has 3 rings (SSSR count). The number of hydrogen-bond acceptors (Lipinski definition) is 5. The fraction of sp³-hybridized carbons (Fsp3) is 0.158. The number of esters is 1. The third kappa shape index (κ3) is 4.71. The van der Waals surface area contributed by atoms with Crippen LogP contribution in [0.15, 0.2) is 59.2 Å².